The Bertz CT molecular complexity index is 793. The molecule has 0 radical (unpaired) electrons. The molecule has 2 fully saturated rings. The van der Waals surface area contributed by atoms with Gasteiger partial charge in [0.1, 0.15) is 17.7 Å². The van der Waals surface area contributed by atoms with Crippen molar-refractivity contribution in [2.45, 2.75) is 31.8 Å². The van der Waals surface area contributed by atoms with Crippen molar-refractivity contribution >= 4 is 11.7 Å². The number of piperidine rings is 1. The molecule has 0 N–H and O–H groups in total. The molecule has 4 rings (SSSR count). The van der Waals surface area contributed by atoms with Gasteiger partial charge in [-0.3, -0.25) is 14.6 Å². The minimum Gasteiger partial charge on any atom is -0.472 e. The highest BCUT2D eigenvalue weighted by Crippen LogP contribution is 2.24. The summed E-state index contributed by atoms with van der Waals surface area (Å²) in [6, 6.07) is 6.88. The lowest BCUT2D eigenvalue weighted by Crippen LogP contribution is -2.54. The van der Waals surface area contributed by atoms with Gasteiger partial charge in [0.05, 0.1) is 6.20 Å². The van der Waals surface area contributed by atoms with E-state index >= 15 is 0 Å². The normalized spacial score (nSPS) is 18.4. The van der Waals surface area contributed by atoms with Crippen molar-refractivity contribution in [1.29, 1.82) is 0 Å². The number of ether oxygens (including phenoxy) is 1. The van der Waals surface area contributed by atoms with Gasteiger partial charge in [-0.25, -0.2) is 14.4 Å². The van der Waals surface area contributed by atoms with Gasteiger partial charge in [-0.2, -0.15) is 0 Å². The number of pyridine rings is 2. The van der Waals surface area contributed by atoms with Crippen LogP contribution in [0.1, 0.15) is 24.8 Å². The lowest BCUT2D eigenvalue weighted by Gasteiger charge is -2.38. The second kappa shape index (κ2) is 8.00. The molecule has 0 saturated carbocycles. The summed E-state index contributed by atoms with van der Waals surface area (Å²) >= 11 is 0. The van der Waals surface area contributed by atoms with Gasteiger partial charge in [0.25, 0.3) is 0 Å². The number of rotatable bonds is 6. The molecule has 6 nitrogen and oxygen atoms in total. The number of carbonyl (C=O) groups excluding carboxylic acids is 1. The summed E-state index contributed by atoms with van der Waals surface area (Å²) in [6.45, 7) is 3.28. The lowest BCUT2D eigenvalue weighted by molar-refractivity contribution is -0.119. The zero-order chi connectivity index (χ0) is 18.6. The van der Waals surface area contributed by atoms with Gasteiger partial charge in [0, 0.05) is 44.9 Å². The van der Waals surface area contributed by atoms with Crippen LogP contribution in [0.25, 0.3) is 0 Å². The predicted octanol–water partition coefficient (Wildman–Crippen LogP) is 2.44. The van der Waals surface area contributed by atoms with Crippen molar-refractivity contribution in [3.05, 3.63) is 48.0 Å². The Morgan fingerprint density at radius 1 is 1.19 bits per heavy atom. The Kier molecular flexibility index (Phi) is 5.29. The molecule has 2 aliphatic heterocycles. The van der Waals surface area contributed by atoms with E-state index in [0.29, 0.717) is 12.3 Å². The average molecular weight is 370 g/mol. The molecule has 1 amide bonds. The SMILES string of the molecule is O=C1CCCCN1c1ncccc1CCN1CC(Oc2ccc(F)cn2)C1. The van der Waals surface area contributed by atoms with E-state index in [1.807, 2.05) is 11.0 Å². The molecule has 27 heavy (non-hydrogen) atoms. The van der Waals surface area contributed by atoms with Crippen LogP contribution < -0.4 is 9.64 Å². The van der Waals surface area contributed by atoms with E-state index in [1.165, 1.54) is 6.07 Å². The second-order valence-corrected chi connectivity index (χ2v) is 7.05. The maximum absolute atomic E-state index is 12.9. The van der Waals surface area contributed by atoms with Crippen LogP contribution in [-0.2, 0) is 11.2 Å². The molecule has 2 aliphatic rings. The van der Waals surface area contributed by atoms with E-state index in [0.717, 1.165) is 63.0 Å². The van der Waals surface area contributed by atoms with Crippen molar-refractivity contribution < 1.29 is 13.9 Å². The average Bonchev–Trinajstić information content (AvgIpc) is 2.66. The molecule has 2 aromatic heterocycles. The molecular formula is C20H23FN4O2. The highest BCUT2D eigenvalue weighted by atomic mass is 19.1. The molecular weight excluding hydrogens is 347 g/mol. The number of halogens is 1. The van der Waals surface area contributed by atoms with Gasteiger partial charge in [0.2, 0.25) is 11.8 Å². The monoisotopic (exact) mass is 370 g/mol. The molecule has 0 atom stereocenters. The van der Waals surface area contributed by atoms with E-state index in [9.17, 15) is 9.18 Å². The number of likely N-dealkylation sites (tertiary alicyclic amines) is 1. The molecule has 0 unspecified atom stereocenters. The predicted molar refractivity (Wildman–Crippen MR) is 99.2 cm³/mol. The van der Waals surface area contributed by atoms with E-state index in [1.54, 1.807) is 12.3 Å². The zero-order valence-corrected chi connectivity index (χ0v) is 15.2. The van der Waals surface area contributed by atoms with Gasteiger partial charge < -0.3 is 4.74 Å². The fraction of sp³-hybridized carbons (Fsp3) is 0.450. The summed E-state index contributed by atoms with van der Waals surface area (Å²) in [5, 5.41) is 0. The smallest absolute Gasteiger partial charge is 0.228 e. The topological polar surface area (TPSA) is 58.6 Å². The van der Waals surface area contributed by atoms with Gasteiger partial charge in [-0.05, 0) is 37.0 Å². The Morgan fingerprint density at radius 3 is 2.85 bits per heavy atom. The lowest BCUT2D eigenvalue weighted by atomic mass is 10.1. The molecule has 0 aromatic carbocycles. The van der Waals surface area contributed by atoms with Gasteiger partial charge >= 0.3 is 0 Å². The fourth-order valence-electron chi connectivity index (χ4n) is 3.56. The zero-order valence-electron chi connectivity index (χ0n) is 15.2. The Morgan fingerprint density at radius 2 is 2.07 bits per heavy atom. The molecule has 0 spiro atoms. The summed E-state index contributed by atoms with van der Waals surface area (Å²) in [5.74, 6) is 1.08. The first-order chi connectivity index (χ1) is 13.2. The molecule has 7 heteroatoms. The number of aromatic nitrogens is 2. The highest BCUT2D eigenvalue weighted by Gasteiger charge is 2.29. The second-order valence-electron chi connectivity index (χ2n) is 7.05. The van der Waals surface area contributed by atoms with Crippen LogP contribution in [0.5, 0.6) is 5.88 Å². The van der Waals surface area contributed by atoms with Gasteiger partial charge in [0.15, 0.2) is 0 Å². The number of amides is 1. The third-order valence-electron chi connectivity index (χ3n) is 5.06. The number of hydrogen-bond acceptors (Lipinski definition) is 5. The van der Waals surface area contributed by atoms with Crippen LogP contribution in [0, 0.1) is 5.82 Å². The van der Waals surface area contributed by atoms with Crippen molar-refractivity contribution in [3.8, 4) is 5.88 Å². The minimum atomic E-state index is -0.364. The van der Waals surface area contributed by atoms with Crippen LogP contribution in [0.15, 0.2) is 36.7 Å². The van der Waals surface area contributed by atoms with Crippen LogP contribution in [-0.4, -0.2) is 53.1 Å². The number of hydrogen-bond donors (Lipinski definition) is 0. The highest BCUT2D eigenvalue weighted by molar-refractivity contribution is 5.93. The summed E-state index contributed by atoms with van der Waals surface area (Å²) in [5.41, 5.74) is 1.11. The maximum atomic E-state index is 12.9. The van der Waals surface area contributed by atoms with Crippen molar-refractivity contribution in [3.63, 3.8) is 0 Å². The number of anilines is 1. The Hall–Kier alpha value is -2.54. The minimum absolute atomic E-state index is 0.0833. The van der Waals surface area contributed by atoms with E-state index in [-0.39, 0.29) is 17.8 Å². The molecule has 0 aliphatic carbocycles. The molecule has 142 valence electrons. The Labute approximate surface area is 158 Å². The molecule has 0 bridgehead atoms. The molecule has 2 aromatic rings. The quantitative estimate of drug-likeness (QED) is 0.782. The van der Waals surface area contributed by atoms with Gasteiger partial charge in [-0.15, -0.1) is 0 Å². The summed E-state index contributed by atoms with van der Waals surface area (Å²) < 4.78 is 18.6. The van der Waals surface area contributed by atoms with E-state index < -0.39 is 0 Å². The van der Waals surface area contributed by atoms with Crippen LogP contribution in [0.2, 0.25) is 0 Å². The first-order valence-corrected chi connectivity index (χ1v) is 9.44. The standard InChI is InChI=1S/C20H23FN4O2/c21-16-6-7-18(23-12-16)27-17-13-24(14-17)11-8-15-4-3-9-22-20(15)25-10-2-1-5-19(25)26/h3-4,6-7,9,12,17H,1-2,5,8,10-11,13-14H2. The van der Waals surface area contributed by atoms with E-state index in [4.69, 9.17) is 4.74 Å². The van der Waals surface area contributed by atoms with E-state index in [2.05, 4.69) is 20.9 Å². The molecule has 4 heterocycles. The van der Waals surface area contributed by atoms with Crippen LogP contribution in [0.4, 0.5) is 10.2 Å². The third-order valence-corrected chi connectivity index (χ3v) is 5.06. The number of nitrogens with zero attached hydrogens (tertiary/aromatic N) is 4. The maximum Gasteiger partial charge on any atom is 0.228 e. The van der Waals surface area contributed by atoms with Crippen molar-refractivity contribution in [2.24, 2.45) is 0 Å². The summed E-state index contributed by atoms with van der Waals surface area (Å²) in [6.07, 6.45) is 6.45. The fourth-order valence-corrected chi connectivity index (χ4v) is 3.56. The first kappa shape index (κ1) is 17.9. The first-order valence-electron chi connectivity index (χ1n) is 9.44. The van der Waals surface area contributed by atoms with Crippen molar-refractivity contribution in [1.82, 2.24) is 14.9 Å². The van der Waals surface area contributed by atoms with Crippen LogP contribution >= 0.6 is 0 Å². The Balaban J connectivity index is 1.29. The largest absolute Gasteiger partial charge is 0.472 e. The van der Waals surface area contributed by atoms with Gasteiger partial charge in [-0.1, -0.05) is 6.07 Å². The number of carbonyl (C=O) groups is 1. The summed E-state index contributed by atoms with van der Waals surface area (Å²) in [4.78, 5) is 24.8. The summed E-state index contributed by atoms with van der Waals surface area (Å²) in [7, 11) is 0. The van der Waals surface area contributed by atoms with Crippen molar-refractivity contribution in [2.75, 3.05) is 31.1 Å². The third kappa shape index (κ3) is 4.24. The molecule has 2 saturated heterocycles. The van der Waals surface area contributed by atoms with Crippen LogP contribution in [0.3, 0.4) is 0 Å².